The fraction of sp³-hybridized carbons (Fsp3) is 0.611. The quantitative estimate of drug-likeness (QED) is 0.871. The van der Waals surface area contributed by atoms with Crippen molar-refractivity contribution in [1.82, 2.24) is 5.32 Å². The van der Waals surface area contributed by atoms with E-state index in [4.69, 9.17) is 4.74 Å². The first-order chi connectivity index (χ1) is 10.8. The zero-order chi connectivity index (χ0) is 15.2. The van der Waals surface area contributed by atoms with Crippen molar-refractivity contribution in [2.75, 3.05) is 13.2 Å². The molecule has 3 nitrogen and oxygen atoms in total. The van der Waals surface area contributed by atoms with Crippen molar-refractivity contribution in [2.45, 2.75) is 61.2 Å². The first-order valence-corrected chi connectivity index (χ1v) is 9.34. The fourth-order valence-electron chi connectivity index (χ4n) is 3.16. The summed E-state index contributed by atoms with van der Waals surface area (Å²) in [7, 11) is 0. The van der Waals surface area contributed by atoms with Crippen LogP contribution >= 0.6 is 11.8 Å². The molecular weight excluding hydrogens is 294 g/mol. The van der Waals surface area contributed by atoms with Crippen LogP contribution in [0.2, 0.25) is 0 Å². The summed E-state index contributed by atoms with van der Waals surface area (Å²) in [5.41, 5.74) is 1.28. The Morgan fingerprint density at radius 1 is 1.14 bits per heavy atom. The molecule has 1 N–H and O–H groups in total. The summed E-state index contributed by atoms with van der Waals surface area (Å²) in [6.45, 7) is 1.41. The second kappa shape index (κ2) is 8.02. The van der Waals surface area contributed by atoms with Gasteiger partial charge in [0.1, 0.15) is 6.10 Å². The molecule has 0 spiro atoms. The molecule has 3 rings (SSSR count). The summed E-state index contributed by atoms with van der Waals surface area (Å²) in [4.78, 5) is 13.2. The minimum Gasteiger partial charge on any atom is -0.368 e. The Kier molecular flexibility index (Phi) is 5.79. The Labute approximate surface area is 137 Å². The van der Waals surface area contributed by atoms with E-state index in [0.717, 1.165) is 31.1 Å². The number of nitrogens with one attached hydrogen (secondary N) is 1. The molecule has 22 heavy (non-hydrogen) atoms. The molecule has 1 atom stereocenters. The maximum Gasteiger partial charge on any atom is 0.249 e. The molecule has 1 aromatic rings. The maximum atomic E-state index is 11.8. The summed E-state index contributed by atoms with van der Waals surface area (Å²) in [6, 6.07) is 8.82. The number of ether oxygens (including phenoxy) is 1. The Bertz CT molecular complexity index is 476. The lowest BCUT2D eigenvalue weighted by Gasteiger charge is -2.11. The van der Waals surface area contributed by atoms with Crippen LogP contribution in [0.1, 0.15) is 44.1 Å². The van der Waals surface area contributed by atoms with Gasteiger partial charge < -0.3 is 10.1 Å². The predicted octanol–water partition coefficient (Wildman–Crippen LogP) is 3.56. The van der Waals surface area contributed by atoms with Crippen LogP contribution in [0, 0.1) is 0 Å². The molecule has 2 fully saturated rings. The molecule has 1 heterocycles. The van der Waals surface area contributed by atoms with Crippen LogP contribution in [-0.4, -0.2) is 30.4 Å². The van der Waals surface area contributed by atoms with Gasteiger partial charge in [0.15, 0.2) is 0 Å². The van der Waals surface area contributed by atoms with Gasteiger partial charge in [-0.15, -0.1) is 11.8 Å². The van der Waals surface area contributed by atoms with Crippen LogP contribution in [0.4, 0.5) is 0 Å². The SMILES string of the molecule is O=C(NCCc1ccc(SC2CCCC2)cc1)C1CCCO1. The summed E-state index contributed by atoms with van der Waals surface area (Å²) in [6.07, 6.45) is 8.03. The molecule has 4 heteroatoms. The molecule has 1 aliphatic heterocycles. The van der Waals surface area contributed by atoms with Crippen LogP contribution in [0.25, 0.3) is 0 Å². The lowest BCUT2D eigenvalue weighted by Crippen LogP contribution is -2.35. The maximum absolute atomic E-state index is 11.8. The minimum atomic E-state index is -0.217. The molecule has 0 bridgehead atoms. The van der Waals surface area contributed by atoms with E-state index < -0.39 is 0 Å². The molecular formula is C18H25NO2S. The van der Waals surface area contributed by atoms with Crippen LogP contribution in [0.5, 0.6) is 0 Å². The van der Waals surface area contributed by atoms with Gasteiger partial charge in [0.05, 0.1) is 0 Å². The number of thioether (sulfide) groups is 1. The molecule has 0 aromatic heterocycles. The Balaban J connectivity index is 1.39. The van der Waals surface area contributed by atoms with E-state index in [1.165, 1.54) is 36.1 Å². The highest BCUT2D eigenvalue weighted by Crippen LogP contribution is 2.34. The van der Waals surface area contributed by atoms with E-state index in [1.54, 1.807) is 0 Å². The molecule has 2 aliphatic rings. The fourth-order valence-corrected chi connectivity index (χ4v) is 4.41. The highest BCUT2D eigenvalue weighted by molar-refractivity contribution is 8.00. The lowest BCUT2D eigenvalue weighted by molar-refractivity contribution is -0.129. The van der Waals surface area contributed by atoms with E-state index in [-0.39, 0.29) is 12.0 Å². The number of rotatable bonds is 6. The molecule has 0 radical (unpaired) electrons. The van der Waals surface area contributed by atoms with Crippen molar-refractivity contribution in [3.05, 3.63) is 29.8 Å². The third kappa shape index (κ3) is 4.50. The highest BCUT2D eigenvalue weighted by atomic mass is 32.2. The summed E-state index contributed by atoms with van der Waals surface area (Å²) < 4.78 is 5.38. The summed E-state index contributed by atoms with van der Waals surface area (Å²) in [5.74, 6) is 0.0471. The van der Waals surface area contributed by atoms with Gasteiger partial charge >= 0.3 is 0 Å². The number of carbonyl (C=O) groups excluding carboxylic acids is 1. The van der Waals surface area contributed by atoms with Crippen molar-refractivity contribution in [2.24, 2.45) is 0 Å². The molecule has 1 aliphatic carbocycles. The number of amides is 1. The van der Waals surface area contributed by atoms with Crippen LogP contribution in [0.3, 0.4) is 0 Å². The van der Waals surface area contributed by atoms with E-state index in [2.05, 4.69) is 29.6 Å². The molecule has 1 amide bonds. The van der Waals surface area contributed by atoms with Gasteiger partial charge in [0.25, 0.3) is 0 Å². The second-order valence-corrected chi connectivity index (χ2v) is 7.58. The minimum absolute atomic E-state index is 0.0471. The zero-order valence-corrected chi connectivity index (χ0v) is 13.9. The topological polar surface area (TPSA) is 38.3 Å². The normalized spacial score (nSPS) is 22.1. The molecule has 1 saturated heterocycles. The van der Waals surface area contributed by atoms with Gasteiger partial charge in [-0.25, -0.2) is 0 Å². The molecule has 120 valence electrons. The number of hydrogen-bond acceptors (Lipinski definition) is 3. The third-order valence-electron chi connectivity index (χ3n) is 4.46. The first kappa shape index (κ1) is 15.9. The Hall–Kier alpha value is -1.00. The summed E-state index contributed by atoms with van der Waals surface area (Å²) in [5, 5.41) is 3.79. The number of carbonyl (C=O) groups is 1. The summed E-state index contributed by atoms with van der Waals surface area (Å²) >= 11 is 2.02. The van der Waals surface area contributed by atoms with Crippen molar-refractivity contribution >= 4 is 17.7 Å². The third-order valence-corrected chi connectivity index (χ3v) is 5.81. The average molecular weight is 319 g/mol. The van der Waals surface area contributed by atoms with Gasteiger partial charge in [-0.05, 0) is 49.8 Å². The molecule has 1 unspecified atom stereocenters. The molecule has 1 saturated carbocycles. The van der Waals surface area contributed by atoms with Crippen molar-refractivity contribution in [1.29, 1.82) is 0 Å². The largest absolute Gasteiger partial charge is 0.368 e. The number of benzene rings is 1. The predicted molar refractivity (Wildman–Crippen MR) is 90.2 cm³/mol. The van der Waals surface area contributed by atoms with Crippen molar-refractivity contribution < 1.29 is 9.53 Å². The zero-order valence-electron chi connectivity index (χ0n) is 13.1. The van der Waals surface area contributed by atoms with Crippen LogP contribution in [0.15, 0.2) is 29.2 Å². The van der Waals surface area contributed by atoms with Crippen molar-refractivity contribution in [3.63, 3.8) is 0 Å². The van der Waals surface area contributed by atoms with Crippen molar-refractivity contribution in [3.8, 4) is 0 Å². The van der Waals surface area contributed by atoms with Gasteiger partial charge in [-0.3, -0.25) is 4.79 Å². The lowest BCUT2D eigenvalue weighted by atomic mass is 10.1. The van der Waals surface area contributed by atoms with Gasteiger partial charge in [0.2, 0.25) is 5.91 Å². The monoisotopic (exact) mass is 319 g/mol. The Morgan fingerprint density at radius 2 is 1.91 bits per heavy atom. The first-order valence-electron chi connectivity index (χ1n) is 8.46. The van der Waals surface area contributed by atoms with E-state index in [0.29, 0.717) is 6.54 Å². The number of hydrogen-bond donors (Lipinski definition) is 1. The smallest absolute Gasteiger partial charge is 0.249 e. The van der Waals surface area contributed by atoms with E-state index in [1.807, 2.05) is 11.8 Å². The van der Waals surface area contributed by atoms with E-state index in [9.17, 15) is 4.79 Å². The standard InChI is InChI=1S/C18H25NO2S/c20-18(17-6-3-13-21-17)19-12-11-14-7-9-16(10-8-14)22-15-4-1-2-5-15/h7-10,15,17H,1-6,11-13H2,(H,19,20). The van der Waals surface area contributed by atoms with Crippen LogP contribution < -0.4 is 5.32 Å². The Morgan fingerprint density at radius 3 is 2.59 bits per heavy atom. The average Bonchev–Trinajstić information content (AvgIpc) is 3.22. The van der Waals surface area contributed by atoms with E-state index >= 15 is 0 Å². The highest BCUT2D eigenvalue weighted by Gasteiger charge is 2.22. The van der Waals surface area contributed by atoms with Gasteiger partial charge in [0, 0.05) is 23.3 Å². The second-order valence-electron chi connectivity index (χ2n) is 6.21. The van der Waals surface area contributed by atoms with Gasteiger partial charge in [-0.2, -0.15) is 0 Å². The van der Waals surface area contributed by atoms with Crippen LogP contribution in [-0.2, 0) is 16.0 Å². The molecule has 1 aromatic carbocycles. The van der Waals surface area contributed by atoms with Gasteiger partial charge in [-0.1, -0.05) is 25.0 Å².